The summed E-state index contributed by atoms with van der Waals surface area (Å²) in [6.45, 7) is 8.41. The molecule has 9 aromatic rings. The first-order valence-electron chi connectivity index (χ1n) is 24.1. The molecule has 3 aromatic heterocycles. The second-order valence-corrected chi connectivity index (χ2v) is 16.2. The summed E-state index contributed by atoms with van der Waals surface area (Å²) < 4.78 is 100. The van der Waals surface area contributed by atoms with Gasteiger partial charge in [-0.2, -0.15) is 5.10 Å². The van der Waals surface area contributed by atoms with Crippen LogP contribution in [0, 0.1) is 3.80 Å². The van der Waals surface area contributed by atoms with Crippen LogP contribution in [0.1, 0.15) is 40.0 Å². The molecule has 7 nitrogen and oxygen atoms in total. The van der Waals surface area contributed by atoms with Crippen LogP contribution in [0.15, 0.2) is 176 Å². The number of imidazole rings is 1. The van der Waals surface area contributed by atoms with E-state index in [4.69, 9.17) is 23.4 Å². The zero-order valence-electron chi connectivity index (χ0n) is 42.5. The van der Waals surface area contributed by atoms with Crippen LogP contribution >= 0.6 is 0 Å². The molecule has 1 aliphatic rings. The SMILES string of the molecule is [2H]c1c([2H])c([2H])c(-c2cccc(-c3c([2H])c([2H])c([2H])c([2H])c3[2H])c2-n2[c](=[Pt])n(-c3cccc(Oc4ccc5c(c4)N(c4cc(C(C)(C)C)ccn4)B(C)n4nccc4-5)c3)c3ccccc32)c([2H])c1[2H]. The Labute approximate surface area is 369 Å². The molecule has 0 N–H and O–H groups in total. The van der Waals surface area contributed by atoms with Crippen molar-refractivity contribution in [2.45, 2.75) is 33.0 Å². The number of benzene rings is 6. The Morgan fingerprint density at radius 2 is 1.32 bits per heavy atom. The van der Waals surface area contributed by atoms with E-state index >= 15 is 0 Å². The van der Waals surface area contributed by atoms with E-state index in [0.717, 1.165) is 28.3 Å². The van der Waals surface area contributed by atoms with E-state index in [9.17, 15) is 0 Å². The molecule has 0 saturated carbocycles. The molecule has 10 rings (SSSR count). The summed E-state index contributed by atoms with van der Waals surface area (Å²) in [5.74, 6) is 1.89. The van der Waals surface area contributed by atoms with Gasteiger partial charge in [-0.1, -0.05) is 20.8 Å². The van der Waals surface area contributed by atoms with Crippen LogP contribution in [0.3, 0.4) is 0 Å². The third kappa shape index (κ3) is 6.49. The predicted molar refractivity (Wildman–Crippen MR) is 237 cm³/mol. The van der Waals surface area contributed by atoms with E-state index in [1.54, 1.807) is 24.4 Å². The van der Waals surface area contributed by atoms with Crippen molar-refractivity contribution >= 4 is 29.5 Å². The molecule has 0 spiro atoms. The quantitative estimate of drug-likeness (QED) is 0.149. The Morgan fingerprint density at radius 1 is 0.661 bits per heavy atom. The normalized spacial score (nSPS) is 14.8. The van der Waals surface area contributed by atoms with Crippen molar-refractivity contribution in [2.24, 2.45) is 0 Å². The van der Waals surface area contributed by atoms with Crippen molar-refractivity contribution in [3.05, 3.63) is 185 Å². The first-order valence-corrected chi connectivity index (χ1v) is 20.2. The number of aromatic nitrogens is 5. The zero-order chi connectivity index (χ0) is 49.0. The van der Waals surface area contributed by atoms with Crippen LogP contribution in [0.2, 0.25) is 6.82 Å². The minimum absolute atomic E-state index is 0.102. The molecule has 1 aliphatic heterocycles. The van der Waals surface area contributed by atoms with Gasteiger partial charge < -0.3 is 0 Å². The van der Waals surface area contributed by atoms with Crippen LogP contribution in [0.25, 0.3) is 55.9 Å². The van der Waals surface area contributed by atoms with Gasteiger partial charge >= 0.3 is 315 Å². The fourth-order valence-electron chi connectivity index (χ4n) is 7.81. The molecule has 4 heterocycles. The van der Waals surface area contributed by atoms with Crippen molar-refractivity contribution in [2.75, 3.05) is 4.81 Å². The van der Waals surface area contributed by atoms with Crippen molar-refractivity contribution in [3.8, 4) is 56.4 Å². The summed E-state index contributed by atoms with van der Waals surface area (Å²) in [7, 11) is 0. The van der Waals surface area contributed by atoms with Crippen LogP contribution in [-0.4, -0.2) is 30.8 Å². The predicted octanol–water partition coefficient (Wildman–Crippen LogP) is 12.3. The molecule has 59 heavy (non-hydrogen) atoms. The zero-order valence-corrected chi connectivity index (χ0v) is 34.7. The van der Waals surface area contributed by atoms with E-state index in [1.165, 1.54) is 0 Å². The van der Waals surface area contributed by atoms with Crippen LogP contribution in [0.4, 0.5) is 11.5 Å². The summed E-state index contributed by atoms with van der Waals surface area (Å²) in [6, 6.07) is 27.0. The number of rotatable bonds is 7. The molecule has 9 heteroatoms. The molecule has 6 aromatic carbocycles. The average molecular weight is 958 g/mol. The first-order chi connectivity index (χ1) is 32.9. The van der Waals surface area contributed by atoms with E-state index in [2.05, 4.69) is 62.9 Å². The van der Waals surface area contributed by atoms with Crippen LogP contribution in [0.5, 0.6) is 11.5 Å². The summed E-state index contributed by atoms with van der Waals surface area (Å²) in [4.78, 5) is 7.00. The van der Waals surface area contributed by atoms with Gasteiger partial charge in [0.1, 0.15) is 0 Å². The summed E-state index contributed by atoms with van der Waals surface area (Å²) >= 11 is 2.17. The molecule has 0 saturated heterocycles. The van der Waals surface area contributed by atoms with Gasteiger partial charge in [0, 0.05) is 12.4 Å². The molecular weight excluding hydrogens is 906 g/mol. The fraction of sp³-hybridized carbons (Fsp3) is 0.100. The molecule has 0 atom stereocenters. The standard InChI is InChI=1S/C50H41BN6O.Pt/c1-50(2,3)37-27-29-52-48(31-37)56-47-33-40(25-26-43(47)44-28-30-53-57(44)51(56)4)58-39-20-13-19-38(32-39)54-34-55(46-24-12-11-23-45(46)54)49-41(35-15-7-5-8-16-35)21-14-22-42(49)36-17-9-6-10-18-36;/h5-33H,1-4H3;/i5D,6D,7D,8D,9D,10D,15D,16D,17D,18D;. The summed E-state index contributed by atoms with van der Waals surface area (Å²) in [5, 5.41) is 4.67. The molecule has 0 amide bonds. The third-order valence-electron chi connectivity index (χ3n) is 10.6. The number of anilines is 2. The van der Waals surface area contributed by atoms with Gasteiger partial charge in [0.05, 0.1) is 0 Å². The second-order valence-electron chi connectivity index (χ2n) is 15.2. The summed E-state index contributed by atoms with van der Waals surface area (Å²) in [5.41, 5.74) is 6.33. The molecule has 0 aliphatic carbocycles. The Balaban J connectivity index is 1.15. The number of fused-ring (bicyclic) bond motifs is 4. The Kier molecular flexibility index (Phi) is 6.79. The van der Waals surface area contributed by atoms with Crippen molar-refractivity contribution in [1.29, 1.82) is 0 Å². The number of nitrogens with zero attached hydrogens (tertiary/aromatic N) is 6. The van der Waals surface area contributed by atoms with Crippen molar-refractivity contribution in [3.63, 3.8) is 0 Å². The third-order valence-corrected chi connectivity index (χ3v) is 11.6. The maximum atomic E-state index is 9.06. The van der Waals surface area contributed by atoms with Gasteiger partial charge in [-0.05, 0) is 17.0 Å². The van der Waals surface area contributed by atoms with E-state index in [0.29, 0.717) is 32.0 Å². The van der Waals surface area contributed by atoms with Gasteiger partial charge in [-0.15, -0.1) is 0 Å². The maximum absolute atomic E-state index is 9.06. The van der Waals surface area contributed by atoms with E-state index < -0.39 is 60.4 Å². The Hall–Kier alpha value is -6.50. The van der Waals surface area contributed by atoms with Crippen molar-refractivity contribution < 1.29 is 37.8 Å². The topological polar surface area (TPSA) is 53.0 Å². The van der Waals surface area contributed by atoms with Crippen molar-refractivity contribution in [1.82, 2.24) is 23.8 Å². The average Bonchev–Trinajstić information content (AvgIpc) is 3.95. The molecule has 0 fully saturated rings. The monoisotopic (exact) mass is 957 g/mol. The number of hydrogen-bond donors (Lipinski definition) is 0. The van der Waals surface area contributed by atoms with Gasteiger partial charge in [0.15, 0.2) is 0 Å². The molecule has 0 unspecified atom stereocenters. The number of para-hydroxylation sites is 3. The summed E-state index contributed by atoms with van der Waals surface area (Å²) in [6.07, 6.45) is 3.64. The first kappa shape index (κ1) is 27.2. The van der Waals surface area contributed by atoms with Crippen LogP contribution in [-0.2, 0) is 24.8 Å². The molecule has 290 valence electrons. The number of ether oxygens (including phenoxy) is 1. The number of hydrogen-bond acceptors (Lipinski definition) is 4. The van der Waals surface area contributed by atoms with Gasteiger partial charge in [0.2, 0.25) is 0 Å². The van der Waals surface area contributed by atoms with Gasteiger partial charge in [-0.25, -0.2) is 0 Å². The molecule has 0 bridgehead atoms. The van der Waals surface area contributed by atoms with Gasteiger partial charge in [-0.3, -0.25) is 0 Å². The molecule has 0 radical (unpaired) electrons. The second kappa shape index (κ2) is 14.7. The van der Waals surface area contributed by atoms with Gasteiger partial charge in [0.25, 0.3) is 0 Å². The van der Waals surface area contributed by atoms with E-state index in [1.807, 2.05) is 98.8 Å². The van der Waals surface area contributed by atoms with Crippen LogP contribution < -0.4 is 9.55 Å². The number of pyridine rings is 1. The van der Waals surface area contributed by atoms with E-state index in [-0.39, 0.29) is 40.3 Å². The Morgan fingerprint density at radius 3 is 2.02 bits per heavy atom. The molecular formula is C50H41BN6OPt. The fourth-order valence-corrected chi connectivity index (χ4v) is 8.90. The Bertz CT molecular complexity index is 3530. The minimum atomic E-state index is -0.559.